The van der Waals surface area contributed by atoms with Crippen molar-refractivity contribution in [3.8, 4) is 0 Å². The molecule has 1 aromatic rings. The number of nitrogens with zero attached hydrogens (tertiary/aromatic N) is 2. The van der Waals surface area contributed by atoms with Crippen LogP contribution in [0.1, 0.15) is 52.4 Å². The van der Waals surface area contributed by atoms with Gasteiger partial charge in [0.2, 0.25) is 0 Å². The summed E-state index contributed by atoms with van der Waals surface area (Å²) in [4.78, 5) is 12.6. The Hall–Kier alpha value is -1.03. The Balaban J connectivity index is 1.85. The van der Waals surface area contributed by atoms with E-state index in [4.69, 9.17) is 11.6 Å². The van der Waals surface area contributed by atoms with Crippen molar-refractivity contribution >= 4 is 17.3 Å². The standard InChI is InChI=1S/C16H24ClN3O/c1-16(2)8-4-3-5-13(16)19-14-12(17)9-18-20(15(14)21)10-11-6-7-11/h9,11,13,19H,3-8,10H2,1-2H3. The van der Waals surface area contributed by atoms with Crippen LogP contribution in [-0.2, 0) is 6.54 Å². The zero-order valence-electron chi connectivity index (χ0n) is 12.9. The van der Waals surface area contributed by atoms with Crippen molar-refractivity contribution < 1.29 is 0 Å². The van der Waals surface area contributed by atoms with Gasteiger partial charge in [-0.2, -0.15) is 5.10 Å². The largest absolute Gasteiger partial charge is 0.376 e. The molecule has 0 aromatic carbocycles. The van der Waals surface area contributed by atoms with E-state index in [0.717, 1.165) is 13.0 Å². The van der Waals surface area contributed by atoms with Crippen molar-refractivity contribution in [1.82, 2.24) is 9.78 Å². The smallest absolute Gasteiger partial charge is 0.291 e. The highest BCUT2D eigenvalue weighted by Gasteiger charge is 2.33. The molecule has 0 spiro atoms. The van der Waals surface area contributed by atoms with Gasteiger partial charge in [-0.3, -0.25) is 4.79 Å². The third-order valence-corrected chi connectivity index (χ3v) is 5.24. The SMILES string of the molecule is CC1(C)CCCCC1Nc1c(Cl)cnn(CC2CC2)c1=O. The van der Waals surface area contributed by atoms with E-state index in [0.29, 0.717) is 22.7 Å². The third-order valence-electron chi connectivity index (χ3n) is 4.95. The summed E-state index contributed by atoms with van der Waals surface area (Å²) in [6.07, 6.45) is 8.76. The van der Waals surface area contributed by atoms with E-state index >= 15 is 0 Å². The molecule has 2 saturated carbocycles. The summed E-state index contributed by atoms with van der Waals surface area (Å²) in [5, 5.41) is 8.06. The lowest BCUT2D eigenvalue weighted by Gasteiger charge is -2.39. The molecule has 0 radical (unpaired) electrons. The monoisotopic (exact) mass is 309 g/mol. The highest BCUT2D eigenvalue weighted by Crippen LogP contribution is 2.37. The first-order valence-corrected chi connectivity index (χ1v) is 8.37. The first-order chi connectivity index (χ1) is 9.97. The predicted octanol–water partition coefficient (Wildman–Crippen LogP) is 3.69. The van der Waals surface area contributed by atoms with Crippen molar-refractivity contribution in [2.75, 3.05) is 5.32 Å². The maximum atomic E-state index is 12.6. The molecule has 1 unspecified atom stereocenters. The summed E-state index contributed by atoms with van der Waals surface area (Å²) < 4.78 is 1.57. The van der Waals surface area contributed by atoms with Crippen LogP contribution in [0.15, 0.2) is 11.0 Å². The Labute approximate surface area is 130 Å². The van der Waals surface area contributed by atoms with Gasteiger partial charge in [0.1, 0.15) is 5.69 Å². The fourth-order valence-corrected chi connectivity index (χ4v) is 3.39. The Bertz CT molecular complexity index is 577. The van der Waals surface area contributed by atoms with Crippen LogP contribution in [-0.4, -0.2) is 15.8 Å². The van der Waals surface area contributed by atoms with Crippen molar-refractivity contribution in [3.63, 3.8) is 0 Å². The van der Waals surface area contributed by atoms with Crippen LogP contribution in [0.5, 0.6) is 0 Å². The van der Waals surface area contributed by atoms with E-state index in [1.165, 1.54) is 32.1 Å². The summed E-state index contributed by atoms with van der Waals surface area (Å²) in [6.45, 7) is 5.25. The molecular formula is C16H24ClN3O. The second kappa shape index (κ2) is 5.64. The Morgan fingerprint density at radius 1 is 1.38 bits per heavy atom. The Morgan fingerprint density at radius 2 is 2.14 bits per heavy atom. The van der Waals surface area contributed by atoms with Gasteiger partial charge in [-0.25, -0.2) is 4.68 Å². The number of rotatable bonds is 4. The summed E-state index contributed by atoms with van der Waals surface area (Å²) in [6, 6.07) is 0.299. The normalized spacial score (nSPS) is 24.8. The lowest BCUT2D eigenvalue weighted by molar-refractivity contribution is 0.217. The molecule has 0 aliphatic heterocycles. The highest BCUT2D eigenvalue weighted by atomic mass is 35.5. The molecule has 2 fully saturated rings. The van der Waals surface area contributed by atoms with E-state index in [-0.39, 0.29) is 11.0 Å². The van der Waals surface area contributed by atoms with Crippen LogP contribution in [0.3, 0.4) is 0 Å². The molecule has 0 bridgehead atoms. The van der Waals surface area contributed by atoms with Crippen LogP contribution in [0.2, 0.25) is 5.02 Å². The molecule has 4 nitrogen and oxygen atoms in total. The van der Waals surface area contributed by atoms with Crippen molar-refractivity contribution in [3.05, 3.63) is 21.6 Å². The highest BCUT2D eigenvalue weighted by molar-refractivity contribution is 6.33. The maximum absolute atomic E-state index is 12.6. The molecule has 1 heterocycles. The van der Waals surface area contributed by atoms with Gasteiger partial charge in [0, 0.05) is 12.6 Å². The topological polar surface area (TPSA) is 46.9 Å². The number of hydrogen-bond acceptors (Lipinski definition) is 3. The number of hydrogen-bond donors (Lipinski definition) is 1. The molecule has 1 N–H and O–H groups in total. The summed E-state index contributed by atoms with van der Waals surface area (Å²) in [5.41, 5.74) is 0.654. The van der Waals surface area contributed by atoms with E-state index in [9.17, 15) is 4.79 Å². The zero-order valence-corrected chi connectivity index (χ0v) is 13.6. The van der Waals surface area contributed by atoms with E-state index in [2.05, 4.69) is 24.3 Å². The van der Waals surface area contributed by atoms with Gasteiger partial charge >= 0.3 is 0 Å². The van der Waals surface area contributed by atoms with Gasteiger partial charge in [0.15, 0.2) is 0 Å². The van der Waals surface area contributed by atoms with Crippen LogP contribution >= 0.6 is 11.6 Å². The average Bonchev–Trinajstić information content (AvgIpc) is 3.23. The van der Waals surface area contributed by atoms with Gasteiger partial charge in [-0.1, -0.05) is 38.3 Å². The second-order valence-electron chi connectivity index (χ2n) is 7.23. The molecule has 0 saturated heterocycles. The second-order valence-corrected chi connectivity index (χ2v) is 7.64. The minimum atomic E-state index is -0.0734. The molecule has 2 aliphatic carbocycles. The van der Waals surface area contributed by atoms with Crippen LogP contribution in [0.4, 0.5) is 5.69 Å². The molecule has 2 aliphatic rings. The number of halogens is 1. The molecule has 1 atom stereocenters. The van der Waals surface area contributed by atoms with Gasteiger partial charge in [-0.15, -0.1) is 0 Å². The molecule has 21 heavy (non-hydrogen) atoms. The quantitative estimate of drug-likeness (QED) is 0.922. The fourth-order valence-electron chi connectivity index (χ4n) is 3.21. The number of anilines is 1. The van der Waals surface area contributed by atoms with E-state index in [1.807, 2.05) is 0 Å². The van der Waals surface area contributed by atoms with Crippen molar-refractivity contribution in [2.45, 2.75) is 65.0 Å². The zero-order chi connectivity index (χ0) is 15.0. The molecule has 3 rings (SSSR count). The lowest BCUT2D eigenvalue weighted by Crippen LogP contribution is -2.41. The summed E-state index contributed by atoms with van der Waals surface area (Å²) in [7, 11) is 0. The van der Waals surface area contributed by atoms with Gasteiger partial charge in [-0.05, 0) is 37.0 Å². The first-order valence-electron chi connectivity index (χ1n) is 7.99. The molecule has 5 heteroatoms. The molecular weight excluding hydrogens is 286 g/mol. The molecule has 116 valence electrons. The van der Waals surface area contributed by atoms with Crippen molar-refractivity contribution in [2.24, 2.45) is 11.3 Å². The minimum Gasteiger partial charge on any atom is -0.376 e. The summed E-state index contributed by atoms with van der Waals surface area (Å²) >= 11 is 6.23. The average molecular weight is 310 g/mol. The van der Waals surface area contributed by atoms with E-state index in [1.54, 1.807) is 10.9 Å². The third kappa shape index (κ3) is 3.25. The minimum absolute atomic E-state index is 0.0734. The van der Waals surface area contributed by atoms with Gasteiger partial charge in [0.05, 0.1) is 11.2 Å². The van der Waals surface area contributed by atoms with E-state index < -0.39 is 0 Å². The van der Waals surface area contributed by atoms with Crippen LogP contribution in [0, 0.1) is 11.3 Å². The maximum Gasteiger partial charge on any atom is 0.291 e. The van der Waals surface area contributed by atoms with Crippen molar-refractivity contribution in [1.29, 1.82) is 0 Å². The van der Waals surface area contributed by atoms with Crippen LogP contribution < -0.4 is 10.9 Å². The first kappa shape index (κ1) is 14.9. The Morgan fingerprint density at radius 3 is 2.81 bits per heavy atom. The van der Waals surface area contributed by atoms with Gasteiger partial charge < -0.3 is 5.32 Å². The lowest BCUT2D eigenvalue weighted by atomic mass is 9.73. The number of nitrogens with one attached hydrogen (secondary N) is 1. The van der Waals surface area contributed by atoms with Gasteiger partial charge in [0.25, 0.3) is 5.56 Å². The summed E-state index contributed by atoms with van der Waals surface area (Å²) in [5.74, 6) is 0.621. The molecule has 0 amide bonds. The number of aromatic nitrogens is 2. The predicted molar refractivity (Wildman–Crippen MR) is 85.9 cm³/mol. The Kier molecular flexibility index (Phi) is 4.00. The molecule has 1 aromatic heterocycles. The van der Waals surface area contributed by atoms with Crippen LogP contribution in [0.25, 0.3) is 0 Å². The fraction of sp³-hybridized carbons (Fsp3) is 0.750.